The number of nitrogens with zero attached hydrogens (tertiary/aromatic N) is 2. The molecule has 1 saturated carbocycles. The number of thiazole rings is 1. The van der Waals surface area contributed by atoms with Crippen molar-refractivity contribution >= 4 is 33.5 Å². The lowest BCUT2D eigenvalue weighted by molar-refractivity contribution is 0.109. The lowest BCUT2D eigenvalue weighted by Crippen LogP contribution is -2.40. The molecule has 0 atom stereocenters. The Morgan fingerprint density at radius 2 is 1.88 bits per heavy atom. The number of hydrogen-bond acceptors (Lipinski definition) is 8. The minimum atomic E-state index is -3.92. The average molecular weight is 597 g/mol. The van der Waals surface area contributed by atoms with Gasteiger partial charge in [0.2, 0.25) is 10.0 Å². The summed E-state index contributed by atoms with van der Waals surface area (Å²) in [4.78, 5) is 29.5. The number of alkyl carbamates (subject to hydrolysis) is 1. The first kappa shape index (κ1) is 31.6. The molecule has 1 heterocycles. The summed E-state index contributed by atoms with van der Waals surface area (Å²) >= 11 is 1.47. The zero-order valence-corrected chi connectivity index (χ0v) is 25.5. The van der Waals surface area contributed by atoms with E-state index in [4.69, 9.17) is 14.6 Å². The van der Waals surface area contributed by atoms with Gasteiger partial charge in [-0.3, -0.25) is 0 Å². The Morgan fingerprint density at radius 1 is 1.20 bits per heavy atom. The van der Waals surface area contributed by atoms with Gasteiger partial charge in [-0.05, 0) is 72.4 Å². The third-order valence-corrected chi connectivity index (χ3v) is 9.23. The van der Waals surface area contributed by atoms with Crippen LogP contribution in [0.2, 0.25) is 0 Å². The minimum Gasteiger partial charge on any atom is -0.492 e. The smallest absolute Gasteiger partial charge is 0.407 e. The van der Waals surface area contributed by atoms with Crippen molar-refractivity contribution in [3.8, 4) is 16.2 Å². The Hall–Kier alpha value is -2.90. The van der Waals surface area contributed by atoms with E-state index < -0.39 is 27.7 Å². The van der Waals surface area contributed by atoms with Gasteiger partial charge in [-0.2, -0.15) is 0 Å². The summed E-state index contributed by atoms with van der Waals surface area (Å²) in [6.07, 6.45) is 3.40. The number of nitrogens with one attached hydrogen (secondary N) is 2. The Bertz CT molecular complexity index is 1280. The van der Waals surface area contributed by atoms with Crippen LogP contribution in [0.25, 0.3) is 10.4 Å². The lowest BCUT2D eigenvalue weighted by Gasteiger charge is -2.28. The van der Waals surface area contributed by atoms with Gasteiger partial charge in [0.25, 0.3) is 0 Å². The van der Waals surface area contributed by atoms with E-state index in [0.29, 0.717) is 11.3 Å². The zero-order chi connectivity index (χ0) is 29.7. The summed E-state index contributed by atoms with van der Waals surface area (Å²) in [7, 11) is -2.49. The van der Waals surface area contributed by atoms with Crippen molar-refractivity contribution in [2.75, 3.05) is 20.2 Å². The second kappa shape index (κ2) is 13.2. The highest BCUT2D eigenvalue weighted by atomic mass is 32.2. The molecule has 1 fully saturated rings. The van der Waals surface area contributed by atoms with E-state index in [-0.39, 0.29) is 36.1 Å². The standard InChI is InChI=1S/C27H40N4O7S2/c1-17(2)38-25(32)29-19-9-7-18(8-10-19)24-28-16-22(39-24)21-12-11-20(37-14-13-31(6)26(33)34)15-23(21)40(35,36)30-27(3,4)5/h11-12,15-19,30H,7-10,13-14H2,1-6H3,(H,29,32)(H,33,34). The molecule has 3 rings (SSSR count). The predicted molar refractivity (Wildman–Crippen MR) is 154 cm³/mol. The first-order valence-electron chi connectivity index (χ1n) is 13.3. The lowest BCUT2D eigenvalue weighted by atomic mass is 9.86. The molecule has 0 unspecified atom stereocenters. The molecular weight excluding hydrogens is 556 g/mol. The van der Waals surface area contributed by atoms with E-state index in [2.05, 4.69) is 15.0 Å². The third-order valence-electron chi connectivity index (χ3n) is 6.24. The van der Waals surface area contributed by atoms with Crippen LogP contribution < -0.4 is 14.8 Å². The Labute approximate surface area is 240 Å². The maximum atomic E-state index is 13.5. The molecule has 13 heteroatoms. The highest BCUT2D eigenvalue weighted by Gasteiger charge is 2.29. The topological polar surface area (TPSA) is 147 Å². The fraction of sp³-hybridized carbons (Fsp3) is 0.593. The number of amides is 2. The molecule has 1 aliphatic carbocycles. The van der Waals surface area contributed by atoms with Crippen LogP contribution >= 0.6 is 11.3 Å². The number of carboxylic acid groups (broad SMARTS) is 1. The zero-order valence-electron chi connectivity index (χ0n) is 23.9. The largest absolute Gasteiger partial charge is 0.492 e. The van der Waals surface area contributed by atoms with Crippen molar-refractivity contribution < 1.29 is 32.6 Å². The van der Waals surface area contributed by atoms with E-state index in [1.807, 2.05) is 13.8 Å². The number of ether oxygens (including phenoxy) is 2. The predicted octanol–water partition coefficient (Wildman–Crippen LogP) is 5.04. The van der Waals surface area contributed by atoms with Crippen molar-refractivity contribution in [1.82, 2.24) is 19.9 Å². The van der Waals surface area contributed by atoms with E-state index in [9.17, 15) is 18.0 Å². The molecule has 40 heavy (non-hydrogen) atoms. The van der Waals surface area contributed by atoms with E-state index >= 15 is 0 Å². The first-order valence-corrected chi connectivity index (χ1v) is 15.6. The van der Waals surface area contributed by atoms with Gasteiger partial charge in [0.15, 0.2) is 0 Å². The van der Waals surface area contributed by atoms with Crippen LogP contribution in [0.5, 0.6) is 5.75 Å². The maximum Gasteiger partial charge on any atom is 0.407 e. The fourth-order valence-electron chi connectivity index (χ4n) is 4.37. The molecule has 0 radical (unpaired) electrons. The molecule has 0 bridgehead atoms. The molecule has 2 amide bonds. The van der Waals surface area contributed by atoms with Crippen molar-refractivity contribution in [2.24, 2.45) is 0 Å². The Balaban J connectivity index is 1.79. The molecule has 222 valence electrons. The summed E-state index contributed by atoms with van der Waals surface area (Å²) in [6, 6.07) is 4.91. The second-order valence-corrected chi connectivity index (χ2v) is 14.0. The summed E-state index contributed by atoms with van der Waals surface area (Å²) in [5.74, 6) is 0.544. The molecule has 2 aromatic rings. The maximum absolute atomic E-state index is 13.5. The number of hydrogen-bond donors (Lipinski definition) is 3. The van der Waals surface area contributed by atoms with E-state index in [1.165, 1.54) is 24.5 Å². The van der Waals surface area contributed by atoms with Crippen molar-refractivity contribution in [2.45, 2.75) is 88.8 Å². The number of aromatic nitrogens is 1. The summed E-state index contributed by atoms with van der Waals surface area (Å²) in [5.41, 5.74) is -0.188. The molecule has 1 aliphatic rings. The van der Waals surface area contributed by atoms with Gasteiger partial charge >= 0.3 is 12.2 Å². The van der Waals surface area contributed by atoms with Gasteiger partial charge in [-0.1, -0.05) is 0 Å². The Kier molecular flexibility index (Phi) is 10.4. The van der Waals surface area contributed by atoms with Gasteiger partial charge in [-0.15, -0.1) is 11.3 Å². The number of benzene rings is 1. The SMILES string of the molecule is CC(C)OC(=O)NC1CCC(c2ncc(-c3ccc(OCCN(C)C(=O)O)cc3S(=O)(=O)NC(C)(C)C)s2)CC1. The van der Waals surface area contributed by atoms with Crippen LogP contribution in [-0.2, 0) is 14.8 Å². The number of carbonyl (C=O) groups is 2. The van der Waals surface area contributed by atoms with Crippen LogP contribution in [0.15, 0.2) is 29.3 Å². The average Bonchev–Trinajstić information content (AvgIpc) is 3.32. The van der Waals surface area contributed by atoms with Gasteiger partial charge in [0.05, 0.1) is 27.4 Å². The van der Waals surface area contributed by atoms with Crippen LogP contribution in [0.3, 0.4) is 0 Å². The second-order valence-electron chi connectivity index (χ2n) is 11.3. The number of likely N-dealkylation sites (N-methyl/N-ethyl adjacent to an activating group) is 1. The summed E-state index contributed by atoms with van der Waals surface area (Å²) in [6.45, 7) is 9.14. The van der Waals surface area contributed by atoms with Crippen LogP contribution in [-0.4, -0.2) is 73.5 Å². The van der Waals surface area contributed by atoms with Crippen molar-refractivity contribution in [3.63, 3.8) is 0 Å². The molecule has 1 aromatic carbocycles. The van der Waals surface area contributed by atoms with Crippen LogP contribution in [0, 0.1) is 0 Å². The van der Waals surface area contributed by atoms with Gasteiger partial charge in [0, 0.05) is 42.4 Å². The quantitative estimate of drug-likeness (QED) is 0.346. The van der Waals surface area contributed by atoms with Gasteiger partial charge < -0.3 is 24.8 Å². The van der Waals surface area contributed by atoms with E-state index in [1.54, 1.807) is 39.1 Å². The molecule has 3 N–H and O–H groups in total. The molecule has 0 spiro atoms. The number of rotatable bonds is 10. The highest BCUT2D eigenvalue weighted by molar-refractivity contribution is 7.89. The summed E-state index contributed by atoms with van der Waals surface area (Å²) < 4.78 is 40.5. The van der Waals surface area contributed by atoms with Crippen molar-refractivity contribution in [1.29, 1.82) is 0 Å². The molecule has 11 nitrogen and oxygen atoms in total. The molecule has 0 saturated heterocycles. The normalized spacial score (nSPS) is 17.9. The third kappa shape index (κ3) is 9.07. The Morgan fingerprint density at radius 3 is 2.48 bits per heavy atom. The molecule has 0 aliphatic heterocycles. The summed E-state index contributed by atoms with van der Waals surface area (Å²) in [5, 5.41) is 12.9. The number of carbonyl (C=O) groups excluding carboxylic acids is 1. The number of sulfonamides is 1. The monoisotopic (exact) mass is 596 g/mol. The molecular formula is C27H40N4O7S2. The van der Waals surface area contributed by atoms with Crippen LogP contribution in [0.4, 0.5) is 9.59 Å². The van der Waals surface area contributed by atoms with E-state index in [0.717, 1.165) is 40.5 Å². The highest BCUT2D eigenvalue weighted by Crippen LogP contribution is 2.40. The van der Waals surface area contributed by atoms with Gasteiger partial charge in [0.1, 0.15) is 12.4 Å². The van der Waals surface area contributed by atoms with Gasteiger partial charge in [-0.25, -0.2) is 27.7 Å². The van der Waals surface area contributed by atoms with Crippen molar-refractivity contribution in [3.05, 3.63) is 29.4 Å². The first-order chi connectivity index (χ1) is 18.6. The minimum absolute atomic E-state index is 0.0602. The fourth-order valence-corrected chi connectivity index (χ4v) is 7.22. The molecule has 1 aromatic heterocycles. The van der Waals surface area contributed by atoms with Crippen LogP contribution in [0.1, 0.15) is 71.2 Å².